The molecule has 150 valence electrons. The first-order valence-electron chi connectivity index (χ1n) is 9.75. The van der Waals surface area contributed by atoms with E-state index in [0.29, 0.717) is 30.8 Å². The summed E-state index contributed by atoms with van der Waals surface area (Å²) in [5.74, 6) is 0.0951. The summed E-state index contributed by atoms with van der Waals surface area (Å²) < 4.78 is 5.01. The molecule has 2 aromatic rings. The van der Waals surface area contributed by atoms with Crippen LogP contribution >= 0.6 is 0 Å². The number of nitrogens with zero attached hydrogens (tertiary/aromatic N) is 2. The summed E-state index contributed by atoms with van der Waals surface area (Å²) in [6.45, 7) is 4.12. The average molecular weight is 393 g/mol. The fraction of sp³-hybridized carbons (Fsp3) is 0.318. The number of rotatable bonds is 3. The Bertz CT molecular complexity index is 947. The maximum atomic E-state index is 12.8. The lowest BCUT2D eigenvalue weighted by Crippen LogP contribution is -2.48. The van der Waals surface area contributed by atoms with Crippen LogP contribution in [0.25, 0.3) is 0 Å². The second-order valence-electron chi connectivity index (χ2n) is 7.29. The molecule has 4 rings (SSSR count). The highest BCUT2D eigenvalue weighted by Crippen LogP contribution is 2.28. The van der Waals surface area contributed by atoms with Crippen LogP contribution < -0.4 is 15.0 Å². The number of ether oxygens (including phenoxy) is 1. The summed E-state index contributed by atoms with van der Waals surface area (Å²) in [5.41, 5.74) is 3.76. The van der Waals surface area contributed by atoms with Crippen LogP contribution in [-0.2, 0) is 16.0 Å². The molecule has 7 nitrogen and oxygen atoms in total. The Morgan fingerprint density at radius 3 is 2.38 bits per heavy atom. The zero-order valence-electron chi connectivity index (χ0n) is 16.3. The number of hydrogen-bond acceptors (Lipinski definition) is 5. The topological polar surface area (TPSA) is 79.0 Å². The number of esters is 1. The predicted octanol–water partition coefficient (Wildman–Crippen LogP) is 2.46. The van der Waals surface area contributed by atoms with Crippen LogP contribution in [0.1, 0.15) is 29.3 Å². The number of hydrogen-bond donors (Lipinski definition) is 1. The number of carbonyl (C=O) groups is 3. The predicted molar refractivity (Wildman–Crippen MR) is 109 cm³/mol. The van der Waals surface area contributed by atoms with Gasteiger partial charge in [0.25, 0.3) is 5.91 Å². The fourth-order valence-corrected chi connectivity index (χ4v) is 3.75. The van der Waals surface area contributed by atoms with Gasteiger partial charge in [-0.3, -0.25) is 14.4 Å². The van der Waals surface area contributed by atoms with Crippen LogP contribution in [0.4, 0.5) is 11.4 Å². The number of aryl methyl sites for hydroxylation is 1. The smallest absolute Gasteiger partial charge is 0.308 e. The molecule has 2 amide bonds. The maximum absolute atomic E-state index is 12.8. The quantitative estimate of drug-likeness (QED) is 0.640. The summed E-state index contributed by atoms with van der Waals surface area (Å²) in [4.78, 5) is 39.4. The highest BCUT2D eigenvalue weighted by Gasteiger charge is 2.23. The van der Waals surface area contributed by atoms with Crippen molar-refractivity contribution in [2.45, 2.75) is 19.8 Å². The van der Waals surface area contributed by atoms with Gasteiger partial charge in [-0.15, -0.1) is 0 Å². The molecule has 2 aliphatic heterocycles. The van der Waals surface area contributed by atoms with Gasteiger partial charge in [-0.1, -0.05) is 0 Å². The van der Waals surface area contributed by atoms with E-state index in [-0.39, 0.29) is 17.8 Å². The molecule has 7 heteroatoms. The Morgan fingerprint density at radius 1 is 0.966 bits per heavy atom. The van der Waals surface area contributed by atoms with E-state index in [4.69, 9.17) is 4.74 Å². The molecule has 2 aromatic carbocycles. The monoisotopic (exact) mass is 393 g/mol. The molecule has 0 saturated carbocycles. The zero-order chi connectivity index (χ0) is 20.4. The molecule has 0 atom stereocenters. The second kappa shape index (κ2) is 7.95. The van der Waals surface area contributed by atoms with E-state index in [1.807, 2.05) is 17.0 Å². The van der Waals surface area contributed by atoms with E-state index < -0.39 is 0 Å². The van der Waals surface area contributed by atoms with Crippen molar-refractivity contribution in [2.75, 3.05) is 36.4 Å². The summed E-state index contributed by atoms with van der Waals surface area (Å²) in [6.07, 6.45) is 1.28. The lowest BCUT2D eigenvalue weighted by atomic mass is 10.0. The van der Waals surface area contributed by atoms with Crippen LogP contribution in [-0.4, -0.2) is 48.9 Å². The summed E-state index contributed by atoms with van der Waals surface area (Å²) in [5, 5.41) is 2.91. The number of anilines is 2. The lowest BCUT2D eigenvalue weighted by Gasteiger charge is -2.36. The molecule has 0 spiro atoms. The van der Waals surface area contributed by atoms with Crippen LogP contribution in [0.5, 0.6) is 5.75 Å². The largest absolute Gasteiger partial charge is 0.427 e. The Kier molecular flexibility index (Phi) is 5.20. The van der Waals surface area contributed by atoms with Crippen molar-refractivity contribution >= 4 is 29.2 Å². The van der Waals surface area contributed by atoms with Crippen LogP contribution in [0.3, 0.4) is 0 Å². The Hall–Kier alpha value is -3.35. The first-order chi connectivity index (χ1) is 14.0. The molecular formula is C22H23N3O4. The van der Waals surface area contributed by atoms with Crippen molar-refractivity contribution in [3.63, 3.8) is 0 Å². The standard InChI is InChI=1S/C22H23N3O4/c1-15(26)29-19-6-2-16(3-7-19)22(28)25-12-10-24(11-13-25)18-5-8-20-17(14-18)4-9-21(27)23-20/h2-3,5-8,14H,4,9-13H2,1H3,(H,23,27). The third-order valence-corrected chi connectivity index (χ3v) is 5.28. The molecular weight excluding hydrogens is 370 g/mol. The van der Waals surface area contributed by atoms with Crippen molar-refractivity contribution in [3.05, 3.63) is 53.6 Å². The Morgan fingerprint density at radius 2 is 1.69 bits per heavy atom. The third kappa shape index (κ3) is 4.23. The van der Waals surface area contributed by atoms with Gasteiger partial charge in [0.2, 0.25) is 5.91 Å². The summed E-state index contributed by atoms with van der Waals surface area (Å²) >= 11 is 0. The van der Waals surface area contributed by atoms with Gasteiger partial charge in [-0.05, 0) is 54.4 Å². The molecule has 0 radical (unpaired) electrons. The highest BCUT2D eigenvalue weighted by atomic mass is 16.5. The minimum absolute atomic E-state index is 0.0211. The van der Waals surface area contributed by atoms with Gasteiger partial charge in [-0.25, -0.2) is 0 Å². The minimum atomic E-state index is -0.384. The highest BCUT2D eigenvalue weighted by molar-refractivity contribution is 5.95. The van der Waals surface area contributed by atoms with E-state index in [9.17, 15) is 14.4 Å². The van der Waals surface area contributed by atoms with E-state index in [1.165, 1.54) is 6.92 Å². The summed E-state index contributed by atoms with van der Waals surface area (Å²) in [6, 6.07) is 12.8. The van der Waals surface area contributed by atoms with Crippen molar-refractivity contribution in [1.82, 2.24) is 4.90 Å². The van der Waals surface area contributed by atoms with Crippen molar-refractivity contribution in [3.8, 4) is 5.75 Å². The van der Waals surface area contributed by atoms with E-state index >= 15 is 0 Å². The summed E-state index contributed by atoms with van der Waals surface area (Å²) in [7, 11) is 0. The van der Waals surface area contributed by atoms with Crippen LogP contribution in [0.15, 0.2) is 42.5 Å². The van der Waals surface area contributed by atoms with Crippen molar-refractivity contribution < 1.29 is 19.1 Å². The minimum Gasteiger partial charge on any atom is -0.427 e. The first-order valence-corrected chi connectivity index (χ1v) is 9.75. The second-order valence-corrected chi connectivity index (χ2v) is 7.29. The number of fused-ring (bicyclic) bond motifs is 1. The third-order valence-electron chi connectivity index (χ3n) is 5.28. The molecule has 29 heavy (non-hydrogen) atoms. The molecule has 1 N–H and O–H groups in total. The molecule has 0 aromatic heterocycles. The van der Waals surface area contributed by atoms with E-state index in [0.717, 1.165) is 36.4 Å². The van der Waals surface area contributed by atoms with Crippen LogP contribution in [0, 0.1) is 0 Å². The van der Waals surface area contributed by atoms with Gasteiger partial charge in [0.15, 0.2) is 0 Å². The van der Waals surface area contributed by atoms with Gasteiger partial charge in [0.1, 0.15) is 5.75 Å². The van der Waals surface area contributed by atoms with Crippen molar-refractivity contribution in [1.29, 1.82) is 0 Å². The molecule has 1 fully saturated rings. The number of amides is 2. The number of nitrogens with one attached hydrogen (secondary N) is 1. The molecule has 0 aliphatic carbocycles. The van der Waals surface area contributed by atoms with Crippen molar-refractivity contribution in [2.24, 2.45) is 0 Å². The lowest BCUT2D eigenvalue weighted by molar-refractivity contribution is -0.131. The normalized spacial score (nSPS) is 16.1. The molecule has 0 bridgehead atoms. The maximum Gasteiger partial charge on any atom is 0.308 e. The molecule has 2 aliphatic rings. The Labute approximate surface area is 169 Å². The van der Waals surface area contributed by atoms with Gasteiger partial charge in [-0.2, -0.15) is 0 Å². The Balaban J connectivity index is 1.37. The zero-order valence-corrected chi connectivity index (χ0v) is 16.3. The SMILES string of the molecule is CC(=O)Oc1ccc(C(=O)N2CCN(c3ccc4c(c3)CCC(=O)N4)CC2)cc1. The van der Waals surface area contributed by atoms with E-state index in [2.05, 4.69) is 16.3 Å². The van der Waals surface area contributed by atoms with Gasteiger partial charge >= 0.3 is 5.97 Å². The first kappa shape index (κ1) is 19.0. The van der Waals surface area contributed by atoms with E-state index in [1.54, 1.807) is 24.3 Å². The molecule has 1 saturated heterocycles. The number of carbonyl (C=O) groups excluding carboxylic acids is 3. The van der Waals surface area contributed by atoms with Crippen LogP contribution in [0.2, 0.25) is 0 Å². The molecule has 0 unspecified atom stereocenters. The fourth-order valence-electron chi connectivity index (χ4n) is 3.75. The average Bonchev–Trinajstić information content (AvgIpc) is 2.73. The van der Waals surface area contributed by atoms with Gasteiger partial charge in [0.05, 0.1) is 0 Å². The number of piperazine rings is 1. The van der Waals surface area contributed by atoms with Gasteiger partial charge in [0, 0.05) is 56.5 Å². The van der Waals surface area contributed by atoms with Gasteiger partial charge < -0.3 is 19.9 Å². The molecule has 2 heterocycles. The number of benzene rings is 2.